The monoisotopic (exact) mass is 906 g/mol. The summed E-state index contributed by atoms with van der Waals surface area (Å²) in [5, 5.41) is 31.2. The van der Waals surface area contributed by atoms with Crippen LogP contribution in [0.15, 0.2) is 58.1 Å². The van der Waals surface area contributed by atoms with Gasteiger partial charge in [0.2, 0.25) is 0 Å². The molecule has 19 heteroatoms. The number of carboxylic acids is 2. The van der Waals surface area contributed by atoms with Crippen molar-refractivity contribution in [2.45, 2.75) is 105 Å². The standard InChI is InChI=1S/2C23H30N4O5.Mg/c2*1-5-7-18-20-21(26(4)25-18)22(28)27(15(3)24-20)12-13-32-17-10-8-16(9-11-17)14-19(23(29)30)31-6-2;/h2*8-11,19H,5-7,12-14H2,1-4H3,(H,29,30);/q;;+2/p-2. The first-order chi connectivity index (χ1) is 30.7. The molecule has 0 saturated carbocycles. The van der Waals surface area contributed by atoms with Crippen LogP contribution in [0.2, 0.25) is 0 Å². The van der Waals surface area contributed by atoms with Crippen LogP contribution in [-0.2, 0) is 71.9 Å². The van der Waals surface area contributed by atoms with Crippen molar-refractivity contribution in [3.63, 3.8) is 0 Å². The second-order valence-electron chi connectivity index (χ2n) is 15.2. The van der Waals surface area contributed by atoms with Crippen LogP contribution in [0.4, 0.5) is 0 Å². The van der Waals surface area contributed by atoms with Crippen LogP contribution in [0.1, 0.15) is 74.7 Å². The van der Waals surface area contributed by atoms with Crippen molar-refractivity contribution in [3.8, 4) is 11.5 Å². The Hall–Kier alpha value is -5.63. The maximum absolute atomic E-state index is 13.0. The molecule has 6 aromatic rings. The van der Waals surface area contributed by atoms with Gasteiger partial charge in [-0.15, -0.1) is 0 Å². The number of ether oxygens (including phenoxy) is 4. The van der Waals surface area contributed by atoms with E-state index in [-0.39, 0.29) is 60.2 Å². The van der Waals surface area contributed by atoms with Gasteiger partial charge in [0, 0.05) is 40.2 Å². The van der Waals surface area contributed by atoms with E-state index in [4.69, 9.17) is 18.9 Å². The Kier molecular flexibility index (Phi) is 19.7. The molecule has 18 nitrogen and oxygen atoms in total. The number of hydrogen-bond donors (Lipinski definition) is 0. The largest absolute Gasteiger partial charge is 2.00 e. The number of aryl methyl sites for hydroxylation is 6. The van der Waals surface area contributed by atoms with E-state index in [0.29, 0.717) is 71.5 Å². The average molecular weight is 907 g/mol. The van der Waals surface area contributed by atoms with E-state index >= 15 is 0 Å². The molecule has 6 rings (SSSR count). The van der Waals surface area contributed by atoms with Crippen molar-refractivity contribution in [1.29, 1.82) is 0 Å². The van der Waals surface area contributed by atoms with Gasteiger partial charge in [-0.2, -0.15) is 10.2 Å². The Balaban J connectivity index is 0.000000280. The van der Waals surface area contributed by atoms with Gasteiger partial charge in [-0.1, -0.05) is 51.0 Å². The van der Waals surface area contributed by atoms with Crippen LogP contribution >= 0.6 is 0 Å². The molecule has 0 radical (unpaired) electrons. The summed E-state index contributed by atoms with van der Waals surface area (Å²) in [6, 6.07) is 14.2. The Morgan fingerprint density at radius 1 is 0.615 bits per heavy atom. The summed E-state index contributed by atoms with van der Waals surface area (Å²) in [5.41, 5.74) is 5.39. The van der Waals surface area contributed by atoms with Crippen molar-refractivity contribution in [2.75, 3.05) is 26.4 Å². The van der Waals surface area contributed by atoms with Crippen LogP contribution in [0, 0.1) is 13.8 Å². The van der Waals surface area contributed by atoms with Gasteiger partial charge in [-0.25, -0.2) is 9.97 Å². The molecule has 0 spiro atoms. The van der Waals surface area contributed by atoms with Crippen LogP contribution in [-0.4, -0.2) is 112 Å². The van der Waals surface area contributed by atoms with Crippen molar-refractivity contribution in [1.82, 2.24) is 38.7 Å². The third-order valence-electron chi connectivity index (χ3n) is 10.5. The van der Waals surface area contributed by atoms with Gasteiger partial charge in [0.25, 0.3) is 11.1 Å². The molecule has 4 aromatic heterocycles. The molecule has 0 aliphatic rings. The molecule has 344 valence electrons. The van der Waals surface area contributed by atoms with Gasteiger partial charge in [0.1, 0.15) is 59.6 Å². The number of nitrogens with zero attached hydrogens (tertiary/aromatic N) is 8. The SMILES string of the molecule is CCCc1nn(C)c2c(=O)n(CCOc3ccc(CC(OCC)C(=O)[O-])cc3)c(C)nc12.CCCc1nn(C)c2c(=O)n(CCOc3ccc(CC(OCC)C(=O)[O-])cc3)c(C)nc12.[Mg+2]. The zero-order chi connectivity index (χ0) is 46.5. The van der Waals surface area contributed by atoms with E-state index in [1.807, 2.05) is 13.8 Å². The summed E-state index contributed by atoms with van der Waals surface area (Å²) >= 11 is 0. The maximum atomic E-state index is 13.0. The number of carboxylic acid groups (broad SMARTS) is 2. The molecule has 0 bridgehead atoms. The number of hydrogen-bond acceptors (Lipinski definition) is 14. The van der Waals surface area contributed by atoms with Gasteiger partial charge in [-0.3, -0.25) is 28.1 Å². The molecular formula is C46H58MgN8O10. The molecule has 0 saturated heterocycles. The zero-order valence-corrected chi connectivity index (χ0v) is 40.0. The minimum atomic E-state index is -1.23. The molecule has 0 amide bonds. The Labute approximate surface area is 393 Å². The van der Waals surface area contributed by atoms with Crippen LogP contribution in [0.25, 0.3) is 22.1 Å². The van der Waals surface area contributed by atoms with Crippen LogP contribution < -0.4 is 30.8 Å². The average Bonchev–Trinajstić information content (AvgIpc) is 3.74. The second-order valence-corrected chi connectivity index (χ2v) is 15.2. The van der Waals surface area contributed by atoms with Crippen molar-refractivity contribution in [2.24, 2.45) is 14.1 Å². The second kappa shape index (κ2) is 24.6. The molecule has 4 heterocycles. The van der Waals surface area contributed by atoms with Gasteiger partial charge < -0.3 is 38.7 Å². The number of rotatable bonds is 22. The van der Waals surface area contributed by atoms with Crippen LogP contribution in [0.5, 0.6) is 11.5 Å². The van der Waals surface area contributed by atoms with E-state index in [2.05, 4.69) is 34.0 Å². The topological polar surface area (TPSA) is 223 Å². The maximum Gasteiger partial charge on any atom is 2.00 e. The number of fused-ring (bicyclic) bond motifs is 2. The van der Waals surface area contributed by atoms with Crippen LogP contribution in [0.3, 0.4) is 0 Å². The molecule has 2 atom stereocenters. The summed E-state index contributed by atoms with van der Waals surface area (Å²) < 4.78 is 28.4. The molecule has 0 aliphatic heterocycles. The van der Waals surface area contributed by atoms with E-state index < -0.39 is 24.1 Å². The molecule has 0 aliphatic carbocycles. The fourth-order valence-corrected chi connectivity index (χ4v) is 7.39. The summed E-state index contributed by atoms with van der Waals surface area (Å²) in [6.07, 6.45) is 1.91. The van der Waals surface area contributed by atoms with Gasteiger partial charge in [0.05, 0.1) is 36.4 Å². The first kappa shape index (κ1) is 52.0. The van der Waals surface area contributed by atoms with Crippen molar-refractivity contribution < 1.29 is 38.7 Å². The quantitative estimate of drug-likeness (QED) is 0.0889. The minimum absolute atomic E-state index is 0. The third kappa shape index (κ3) is 13.2. The van der Waals surface area contributed by atoms with Crippen molar-refractivity contribution >= 4 is 57.1 Å². The summed E-state index contributed by atoms with van der Waals surface area (Å²) in [5.74, 6) is 0.0380. The van der Waals surface area contributed by atoms with E-state index in [9.17, 15) is 29.4 Å². The predicted molar refractivity (Wildman–Crippen MR) is 241 cm³/mol. The first-order valence-electron chi connectivity index (χ1n) is 21.6. The summed E-state index contributed by atoms with van der Waals surface area (Å²) in [7, 11) is 3.53. The van der Waals surface area contributed by atoms with E-state index in [1.165, 1.54) is 0 Å². The normalized spacial score (nSPS) is 12.1. The summed E-state index contributed by atoms with van der Waals surface area (Å²) in [4.78, 5) is 57.6. The minimum Gasteiger partial charge on any atom is -0.547 e. The fraction of sp³-hybridized carbons (Fsp3) is 0.478. The van der Waals surface area contributed by atoms with Gasteiger partial charge >= 0.3 is 23.1 Å². The number of benzene rings is 2. The number of aliphatic carboxylic acids is 2. The number of aromatic nitrogens is 8. The molecule has 0 N–H and O–H groups in total. The molecule has 2 aromatic carbocycles. The Morgan fingerprint density at radius 2 is 0.969 bits per heavy atom. The molecular weight excluding hydrogens is 849 g/mol. The zero-order valence-electron chi connectivity index (χ0n) is 38.6. The van der Waals surface area contributed by atoms with E-state index in [0.717, 1.165) is 48.2 Å². The third-order valence-corrected chi connectivity index (χ3v) is 10.5. The Bertz CT molecular complexity index is 2460. The Morgan fingerprint density at radius 3 is 1.28 bits per heavy atom. The van der Waals surface area contributed by atoms with Crippen molar-refractivity contribution in [3.05, 3.63) is 103 Å². The predicted octanol–water partition coefficient (Wildman–Crippen LogP) is 1.95. The van der Waals surface area contributed by atoms with Gasteiger partial charge in [-0.05, 0) is 75.9 Å². The van der Waals surface area contributed by atoms with E-state index in [1.54, 1.807) is 95.0 Å². The fourth-order valence-electron chi connectivity index (χ4n) is 7.39. The first-order valence-corrected chi connectivity index (χ1v) is 21.6. The smallest absolute Gasteiger partial charge is 0.547 e. The molecule has 2 unspecified atom stereocenters. The summed E-state index contributed by atoms with van der Waals surface area (Å²) in [6.45, 7) is 13.1. The number of carbonyl (C=O) groups excluding carboxylic acids is 2. The number of carbonyl (C=O) groups is 2. The molecule has 65 heavy (non-hydrogen) atoms. The molecule has 0 fully saturated rings. The van der Waals surface area contributed by atoms with Gasteiger partial charge in [0.15, 0.2) is 11.0 Å².